The van der Waals surface area contributed by atoms with Crippen LogP contribution >= 0.6 is 11.6 Å². The molecule has 0 aliphatic rings. The van der Waals surface area contributed by atoms with Crippen molar-refractivity contribution in [2.24, 2.45) is 7.05 Å². The number of anilines is 2. The van der Waals surface area contributed by atoms with Gasteiger partial charge >= 0.3 is 0 Å². The van der Waals surface area contributed by atoms with E-state index in [1.807, 2.05) is 0 Å². The fraction of sp³-hybridized carbons (Fsp3) is 0.267. The predicted octanol–water partition coefficient (Wildman–Crippen LogP) is 2.94. The van der Waals surface area contributed by atoms with Crippen LogP contribution in [0.1, 0.15) is 13.8 Å². The molecule has 3 rings (SSSR count). The zero-order chi connectivity index (χ0) is 17.5. The van der Waals surface area contributed by atoms with Crippen molar-refractivity contribution in [2.75, 3.05) is 5.32 Å². The second-order valence-corrected chi connectivity index (χ2v) is 8.39. The Balaban J connectivity index is 2.16. The largest absolute Gasteiger partial charge is 0.337 e. The average molecular weight is 366 g/mol. The first kappa shape index (κ1) is 16.7. The minimum Gasteiger partial charge on any atom is -0.337 e. The third kappa shape index (κ3) is 2.83. The molecule has 1 N–H and O–H groups in total. The van der Waals surface area contributed by atoms with Crippen LogP contribution in [0, 0.1) is 0 Å². The van der Waals surface area contributed by atoms with Gasteiger partial charge in [0.15, 0.2) is 21.3 Å². The molecular formula is C15H16ClN5O2S. The van der Waals surface area contributed by atoms with Crippen molar-refractivity contribution in [1.29, 1.82) is 0 Å². The van der Waals surface area contributed by atoms with Crippen molar-refractivity contribution in [1.82, 2.24) is 19.5 Å². The van der Waals surface area contributed by atoms with E-state index in [4.69, 9.17) is 11.6 Å². The van der Waals surface area contributed by atoms with E-state index in [0.29, 0.717) is 22.7 Å². The van der Waals surface area contributed by atoms with Crippen molar-refractivity contribution in [3.05, 3.63) is 35.9 Å². The summed E-state index contributed by atoms with van der Waals surface area (Å²) in [6.45, 7) is 3.29. The maximum Gasteiger partial charge on any atom is 0.226 e. The highest BCUT2D eigenvalue weighted by Crippen LogP contribution is 2.30. The summed E-state index contributed by atoms with van der Waals surface area (Å²) in [4.78, 5) is 12.6. The quantitative estimate of drug-likeness (QED) is 0.715. The van der Waals surface area contributed by atoms with E-state index in [9.17, 15) is 8.42 Å². The standard InChI is InChI=1S/C15H16ClN5O2S/c1-9(2)24(22,23)11-7-5-4-6-10(11)18-14-12-13(17-8-21(12)3)19-15(16)20-14/h4-9H,1-3H3,(H,18,19,20). The van der Waals surface area contributed by atoms with Gasteiger partial charge in [0.05, 0.1) is 22.2 Å². The number of para-hydroxylation sites is 1. The Hall–Kier alpha value is -2.19. The third-order valence-electron chi connectivity index (χ3n) is 3.61. The Kier molecular flexibility index (Phi) is 4.18. The number of hydrogen-bond acceptors (Lipinski definition) is 6. The summed E-state index contributed by atoms with van der Waals surface area (Å²) in [7, 11) is -1.65. The van der Waals surface area contributed by atoms with E-state index >= 15 is 0 Å². The van der Waals surface area contributed by atoms with E-state index in [2.05, 4.69) is 20.3 Å². The average Bonchev–Trinajstić information content (AvgIpc) is 2.88. The molecule has 0 fully saturated rings. The minimum absolute atomic E-state index is 0.0351. The first-order valence-corrected chi connectivity index (χ1v) is 9.17. The van der Waals surface area contributed by atoms with Gasteiger partial charge in [0.25, 0.3) is 0 Å². The van der Waals surface area contributed by atoms with Crippen molar-refractivity contribution in [3.8, 4) is 0 Å². The molecule has 1 aromatic carbocycles. The van der Waals surface area contributed by atoms with Gasteiger partial charge in [-0.1, -0.05) is 12.1 Å². The smallest absolute Gasteiger partial charge is 0.226 e. The lowest BCUT2D eigenvalue weighted by Gasteiger charge is -2.14. The number of aromatic nitrogens is 4. The van der Waals surface area contributed by atoms with Crippen molar-refractivity contribution < 1.29 is 8.42 Å². The van der Waals surface area contributed by atoms with Gasteiger partial charge in [-0.25, -0.2) is 13.4 Å². The first-order chi connectivity index (χ1) is 11.3. The molecule has 0 aliphatic carbocycles. The maximum absolute atomic E-state index is 12.6. The van der Waals surface area contributed by atoms with E-state index in [1.165, 1.54) is 0 Å². The summed E-state index contributed by atoms with van der Waals surface area (Å²) in [5, 5.41) is 2.57. The number of nitrogens with zero attached hydrogens (tertiary/aromatic N) is 4. The molecular weight excluding hydrogens is 350 g/mol. The third-order valence-corrected chi connectivity index (χ3v) is 5.99. The maximum atomic E-state index is 12.6. The van der Waals surface area contributed by atoms with E-state index in [1.54, 1.807) is 56.1 Å². The van der Waals surface area contributed by atoms with Gasteiger partial charge in [0.1, 0.15) is 5.52 Å². The Labute approximate surface area is 144 Å². The fourth-order valence-corrected chi connectivity index (χ4v) is 3.68. The van der Waals surface area contributed by atoms with Crippen LogP contribution in [-0.4, -0.2) is 33.2 Å². The second-order valence-electron chi connectivity index (χ2n) is 5.58. The van der Waals surface area contributed by atoms with Gasteiger partial charge in [-0.05, 0) is 37.6 Å². The molecule has 24 heavy (non-hydrogen) atoms. The monoisotopic (exact) mass is 365 g/mol. The zero-order valence-electron chi connectivity index (χ0n) is 13.4. The van der Waals surface area contributed by atoms with Gasteiger partial charge in [-0.2, -0.15) is 9.97 Å². The number of rotatable bonds is 4. The van der Waals surface area contributed by atoms with Crippen LogP contribution in [0.5, 0.6) is 0 Å². The summed E-state index contributed by atoms with van der Waals surface area (Å²) in [5.41, 5.74) is 1.50. The van der Waals surface area contributed by atoms with E-state index in [0.717, 1.165) is 0 Å². The molecule has 2 aromatic heterocycles. The summed E-state index contributed by atoms with van der Waals surface area (Å²) in [6, 6.07) is 6.70. The summed E-state index contributed by atoms with van der Waals surface area (Å²) in [5.74, 6) is 0.399. The summed E-state index contributed by atoms with van der Waals surface area (Å²) < 4.78 is 26.9. The molecule has 0 radical (unpaired) electrons. The predicted molar refractivity (Wildman–Crippen MR) is 93.4 cm³/mol. The summed E-state index contributed by atoms with van der Waals surface area (Å²) >= 11 is 5.95. The van der Waals surface area contributed by atoms with Gasteiger partial charge < -0.3 is 9.88 Å². The molecule has 0 aliphatic heterocycles. The van der Waals surface area contributed by atoms with Crippen LogP contribution in [0.2, 0.25) is 5.28 Å². The van der Waals surface area contributed by atoms with Crippen LogP contribution in [0.15, 0.2) is 35.5 Å². The molecule has 0 spiro atoms. The molecule has 126 valence electrons. The lowest BCUT2D eigenvalue weighted by Crippen LogP contribution is -2.15. The molecule has 7 nitrogen and oxygen atoms in total. The Bertz CT molecular complexity index is 1010. The van der Waals surface area contributed by atoms with Crippen LogP contribution in [0.3, 0.4) is 0 Å². The van der Waals surface area contributed by atoms with Gasteiger partial charge in [-0.15, -0.1) is 0 Å². The Morgan fingerprint density at radius 3 is 2.62 bits per heavy atom. The normalized spacial score (nSPS) is 12.0. The number of nitrogens with one attached hydrogen (secondary N) is 1. The van der Waals surface area contributed by atoms with E-state index in [-0.39, 0.29) is 10.2 Å². The number of halogens is 1. The minimum atomic E-state index is -3.45. The number of benzene rings is 1. The summed E-state index contributed by atoms with van der Waals surface area (Å²) in [6.07, 6.45) is 1.59. The van der Waals surface area contributed by atoms with Gasteiger partial charge in [0, 0.05) is 7.05 Å². The number of sulfone groups is 1. The molecule has 0 atom stereocenters. The van der Waals surface area contributed by atoms with E-state index < -0.39 is 15.1 Å². The van der Waals surface area contributed by atoms with Crippen molar-refractivity contribution in [3.63, 3.8) is 0 Å². The number of fused-ring (bicyclic) bond motifs is 1. The topological polar surface area (TPSA) is 89.8 Å². The molecule has 9 heteroatoms. The fourth-order valence-electron chi connectivity index (χ4n) is 2.32. The Morgan fingerprint density at radius 1 is 1.21 bits per heavy atom. The Morgan fingerprint density at radius 2 is 1.92 bits per heavy atom. The van der Waals surface area contributed by atoms with Gasteiger partial charge in [0.2, 0.25) is 5.28 Å². The highest BCUT2D eigenvalue weighted by atomic mass is 35.5. The number of aryl methyl sites for hydroxylation is 1. The number of imidazole rings is 1. The number of hydrogen-bond donors (Lipinski definition) is 1. The van der Waals surface area contributed by atoms with Crippen molar-refractivity contribution in [2.45, 2.75) is 24.0 Å². The molecule has 0 amide bonds. The van der Waals surface area contributed by atoms with Crippen LogP contribution < -0.4 is 5.32 Å². The molecule has 0 saturated heterocycles. The van der Waals surface area contributed by atoms with Gasteiger partial charge in [-0.3, -0.25) is 0 Å². The molecule has 2 heterocycles. The van der Waals surface area contributed by atoms with Crippen molar-refractivity contribution >= 4 is 44.1 Å². The first-order valence-electron chi connectivity index (χ1n) is 7.25. The molecule has 3 aromatic rings. The highest BCUT2D eigenvalue weighted by Gasteiger charge is 2.23. The second kappa shape index (κ2) is 6.03. The zero-order valence-corrected chi connectivity index (χ0v) is 14.9. The SMILES string of the molecule is CC(C)S(=O)(=O)c1ccccc1Nc1nc(Cl)nc2ncn(C)c12. The molecule has 0 bridgehead atoms. The highest BCUT2D eigenvalue weighted by molar-refractivity contribution is 7.92. The lowest BCUT2D eigenvalue weighted by atomic mass is 10.3. The van der Waals surface area contributed by atoms with Crippen LogP contribution in [-0.2, 0) is 16.9 Å². The van der Waals surface area contributed by atoms with Crippen LogP contribution in [0.25, 0.3) is 11.2 Å². The van der Waals surface area contributed by atoms with Crippen LogP contribution in [0.4, 0.5) is 11.5 Å². The lowest BCUT2D eigenvalue weighted by molar-refractivity contribution is 0.588. The molecule has 0 saturated carbocycles. The molecule has 0 unspecified atom stereocenters.